The molecule has 0 radical (unpaired) electrons. The molecule has 0 amide bonds. The second-order valence-electron chi connectivity index (χ2n) is 4.50. The van der Waals surface area contributed by atoms with Crippen molar-refractivity contribution in [2.45, 2.75) is 19.0 Å². The van der Waals surface area contributed by atoms with Crippen molar-refractivity contribution in [3.63, 3.8) is 0 Å². The van der Waals surface area contributed by atoms with Gasteiger partial charge in [0, 0.05) is 7.05 Å². The van der Waals surface area contributed by atoms with Crippen molar-refractivity contribution in [2.75, 3.05) is 18.1 Å². The molecular weight excluding hydrogens is 345 g/mol. The molecule has 23 heavy (non-hydrogen) atoms. The fourth-order valence-corrected chi connectivity index (χ4v) is 2.04. The quantitative estimate of drug-likeness (QED) is 0.555. The van der Waals surface area contributed by atoms with Crippen molar-refractivity contribution in [1.29, 1.82) is 0 Å². The predicted molar refractivity (Wildman–Crippen MR) is 75.5 cm³/mol. The Kier molecular flexibility index (Phi) is 6.20. The molecule has 0 aliphatic carbocycles. The van der Waals surface area contributed by atoms with E-state index in [9.17, 15) is 31.5 Å². The minimum Gasteiger partial charge on any atom is -0.472 e. The van der Waals surface area contributed by atoms with Crippen molar-refractivity contribution in [2.24, 2.45) is 7.05 Å². The molecule has 1 aromatic rings. The summed E-state index contributed by atoms with van der Waals surface area (Å²) in [6.45, 7) is -0.128. The SMILES string of the molecule is CCSCC(=O)c1ccc(OCC(F)(F)C(F)(F)F)n(C)c1=O. The Morgan fingerprint density at radius 2 is 1.87 bits per heavy atom. The van der Waals surface area contributed by atoms with Gasteiger partial charge in [-0.3, -0.25) is 14.2 Å². The van der Waals surface area contributed by atoms with Crippen molar-refractivity contribution >= 4 is 17.5 Å². The summed E-state index contributed by atoms with van der Waals surface area (Å²) in [5.74, 6) is -5.25. The molecule has 1 rings (SSSR count). The number of ether oxygens (including phenoxy) is 1. The predicted octanol–water partition coefficient (Wildman–Crippen LogP) is 2.90. The van der Waals surface area contributed by atoms with Gasteiger partial charge in [0.1, 0.15) is 0 Å². The van der Waals surface area contributed by atoms with E-state index in [0.29, 0.717) is 5.75 Å². The van der Waals surface area contributed by atoms with Gasteiger partial charge in [0.05, 0.1) is 11.3 Å². The molecule has 0 aliphatic heterocycles. The zero-order valence-corrected chi connectivity index (χ0v) is 13.1. The lowest BCUT2D eigenvalue weighted by Gasteiger charge is -2.20. The minimum absolute atomic E-state index is 0.0675. The smallest absolute Gasteiger partial charge is 0.456 e. The first-order chi connectivity index (χ1) is 10.5. The van der Waals surface area contributed by atoms with E-state index in [2.05, 4.69) is 4.74 Å². The maximum absolute atomic E-state index is 12.8. The van der Waals surface area contributed by atoms with Crippen LogP contribution in [0.5, 0.6) is 5.88 Å². The van der Waals surface area contributed by atoms with Crippen LogP contribution in [0.4, 0.5) is 22.0 Å². The Hall–Kier alpha value is -1.58. The van der Waals surface area contributed by atoms with E-state index >= 15 is 0 Å². The summed E-state index contributed by atoms with van der Waals surface area (Å²) < 4.78 is 66.9. The first kappa shape index (κ1) is 19.5. The van der Waals surface area contributed by atoms with Gasteiger partial charge in [-0.2, -0.15) is 33.7 Å². The van der Waals surface area contributed by atoms with Crippen LogP contribution in [0.15, 0.2) is 16.9 Å². The second kappa shape index (κ2) is 7.33. The first-order valence-corrected chi connectivity index (χ1v) is 7.55. The molecule has 1 aromatic heterocycles. The number of alkyl halides is 5. The number of carbonyl (C=O) groups excluding carboxylic acids is 1. The van der Waals surface area contributed by atoms with Gasteiger partial charge < -0.3 is 4.74 Å². The van der Waals surface area contributed by atoms with E-state index in [4.69, 9.17) is 0 Å². The number of hydrogen-bond donors (Lipinski definition) is 0. The number of aromatic nitrogens is 1. The van der Waals surface area contributed by atoms with Gasteiger partial charge in [-0.1, -0.05) is 6.92 Å². The molecule has 0 N–H and O–H groups in total. The average molecular weight is 359 g/mol. The summed E-state index contributed by atoms with van der Waals surface area (Å²) in [6.07, 6.45) is -5.75. The van der Waals surface area contributed by atoms with Crippen LogP contribution in [-0.4, -0.2) is 40.6 Å². The Morgan fingerprint density at radius 3 is 2.39 bits per heavy atom. The topological polar surface area (TPSA) is 48.3 Å². The third-order valence-corrected chi connectivity index (χ3v) is 3.69. The lowest BCUT2D eigenvalue weighted by atomic mass is 10.2. The van der Waals surface area contributed by atoms with Gasteiger partial charge in [0.15, 0.2) is 18.3 Å². The molecule has 0 aliphatic rings. The lowest BCUT2D eigenvalue weighted by molar-refractivity contribution is -0.290. The Balaban J connectivity index is 2.94. The molecule has 1 heterocycles. The van der Waals surface area contributed by atoms with Gasteiger partial charge >= 0.3 is 12.1 Å². The largest absolute Gasteiger partial charge is 0.472 e. The molecule has 0 bridgehead atoms. The summed E-state index contributed by atoms with van der Waals surface area (Å²) >= 11 is 1.29. The van der Waals surface area contributed by atoms with Crippen molar-refractivity contribution in [3.05, 3.63) is 28.0 Å². The van der Waals surface area contributed by atoms with Crippen LogP contribution in [0.2, 0.25) is 0 Å². The third-order valence-electron chi connectivity index (χ3n) is 2.81. The van der Waals surface area contributed by atoms with E-state index in [0.717, 1.165) is 23.7 Å². The molecule has 0 saturated carbocycles. The molecule has 0 unspecified atom stereocenters. The zero-order valence-electron chi connectivity index (χ0n) is 12.2. The number of Topliss-reactive ketones (excluding diaryl/α,β-unsaturated/α-hetero) is 1. The number of nitrogens with zero attached hydrogens (tertiary/aromatic N) is 1. The van der Waals surface area contributed by atoms with E-state index in [1.807, 2.05) is 6.92 Å². The lowest BCUT2D eigenvalue weighted by Crippen LogP contribution is -2.42. The normalized spacial score (nSPS) is 12.3. The number of halogens is 5. The Labute approximate surface area is 132 Å². The number of ketones is 1. The van der Waals surface area contributed by atoms with E-state index < -0.39 is 35.9 Å². The number of pyridine rings is 1. The summed E-state index contributed by atoms with van der Waals surface area (Å²) in [7, 11) is 1.12. The summed E-state index contributed by atoms with van der Waals surface area (Å²) in [6, 6.07) is 2.07. The van der Waals surface area contributed by atoms with E-state index in [-0.39, 0.29) is 11.3 Å². The molecule has 0 spiro atoms. The Bertz CT molecular complexity index is 627. The molecule has 0 atom stereocenters. The number of carbonyl (C=O) groups is 1. The van der Waals surface area contributed by atoms with Crippen molar-refractivity contribution in [1.82, 2.24) is 4.57 Å². The van der Waals surface area contributed by atoms with Crippen LogP contribution in [-0.2, 0) is 7.05 Å². The molecule has 10 heteroatoms. The number of hydrogen-bond acceptors (Lipinski definition) is 4. The number of thioether (sulfide) groups is 1. The highest BCUT2D eigenvalue weighted by Gasteiger charge is 2.58. The standard InChI is InChI=1S/C13H14F5NO3S/c1-3-23-6-9(20)8-4-5-10(19(2)11(8)21)22-7-12(14,15)13(16,17)18/h4-5H,3,6-7H2,1-2H3. The van der Waals surface area contributed by atoms with Crippen LogP contribution in [0, 0.1) is 0 Å². The average Bonchev–Trinajstić information content (AvgIpc) is 2.45. The van der Waals surface area contributed by atoms with E-state index in [1.54, 1.807) is 0 Å². The second-order valence-corrected chi connectivity index (χ2v) is 5.77. The highest BCUT2D eigenvalue weighted by Crippen LogP contribution is 2.35. The Morgan fingerprint density at radius 1 is 1.26 bits per heavy atom. The summed E-state index contributed by atoms with van der Waals surface area (Å²) in [5, 5.41) is 0. The number of rotatable bonds is 7. The minimum atomic E-state index is -5.75. The molecule has 0 saturated heterocycles. The maximum Gasteiger partial charge on any atom is 0.456 e. The molecule has 4 nitrogen and oxygen atoms in total. The van der Waals surface area contributed by atoms with Crippen molar-refractivity contribution in [3.8, 4) is 5.88 Å². The summed E-state index contributed by atoms with van der Waals surface area (Å²) in [4.78, 5) is 23.8. The monoisotopic (exact) mass is 359 g/mol. The molecule has 0 fully saturated rings. The van der Waals surface area contributed by atoms with Crippen LogP contribution in [0.25, 0.3) is 0 Å². The highest BCUT2D eigenvalue weighted by atomic mass is 32.2. The van der Waals surface area contributed by atoms with Crippen LogP contribution in [0.1, 0.15) is 17.3 Å². The van der Waals surface area contributed by atoms with Crippen LogP contribution < -0.4 is 10.3 Å². The fourth-order valence-electron chi connectivity index (χ4n) is 1.49. The first-order valence-electron chi connectivity index (χ1n) is 6.39. The van der Waals surface area contributed by atoms with Crippen molar-refractivity contribution < 1.29 is 31.5 Å². The van der Waals surface area contributed by atoms with E-state index in [1.165, 1.54) is 11.8 Å². The zero-order chi connectivity index (χ0) is 17.8. The van der Waals surface area contributed by atoms with Gasteiger partial charge in [-0.25, -0.2) is 0 Å². The van der Waals surface area contributed by atoms with Gasteiger partial charge in [0.25, 0.3) is 5.56 Å². The third kappa shape index (κ3) is 4.69. The maximum atomic E-state index is 12.8. The molecular formula is C13H14F5NO3S. The van der Waals surface area contributed by atoms with Crippen LogP contribution >= 0.6 is 11.8 Å². The van der Waals surface area contributed by atoms with Gasteiger partial charge in [-0.15, -0.1) is 0 Å². The fraction of sp³-hybridized carbons (Fsp3) is 0.538. The van der Waals surface area contributed by atoms with Gasteiger partial charge in [-0.05, 0) is 17.9 Å². The molecule has 0 aromatic carbocycles. The van der Waals surface area contributed by atoms with Crippen LogP contribution in [0.3, 0.4) is 0 Å². The highest BCUT2D eigenvalue weighted by molar-refractivity contribution is 7.99. The molecule has 130 valence electrons. The van der Waals surface area contributed by atoms with Gasteiger partial charge in [0.2, 0.25) is 0 Å². The summed E-state index contributed by atoms with van der Waals surface area (Å²) in [5.41, 5.74) is -0.997.